The maximum atomic E-state index is 15.2. The molecule has 2 unspecified atom stereocenters. The summed E-state index contributed by atoms with van der Waals surface area (Å²) >= 11 is 3.29. The van der Waals surface area contributed by atoms with Crippen LogP contribution in [-0.2, 0) is 60.6 Å². The van der Waals surface area contributed by atoms with Crippen molar-refractivity contribution in [1.82, 2.24) is 30.2 Å². The molecule has 14 heterocycles. The normalized spacial score (nSPS) is 26.8. The Bertz CT molecular complexity index is 5300. The minimum absolute atomic E-state index is 0. The molecule has 0 aliphatic carbocycles. The highest BCUT2D eigenvalue weighted by molar-refractivity contribution is 7.99. The summed E-state index contributed by atoms with van der Waals surface area (Å²) in [5.74, 6) is 7.13. The Morgan fingerprint density at radius 2 is 0.936 bits per heavy atom. The van der Waals surface area contributed by atoms with E-state index in [0.717, 1.165) is 132 Å². The molecule has 0 radical (unpaired) electrons. The van der Waals surface area contributed by atoms with Crippen LogP contribution in [-0.4, -0.2) is 205 Å². The molecule has 14 aliphatic rings. The molecule has 20 rings (SSSR count). The third-order valence-electron chi connectivity index (χ3n) is 26.7. The van der Waals surface area contributed by atoms with E-state index in [4.69, 9.17) is 75.8 Å². The lowest BCUT2D eigenvalue weighted by Crippen LogP contribution is -2.69. The first-order valence-corrected chi connectivity index (χ1v) is 45.2. The predicted molar refractivity (Wildman–Crippen MR) is 472 cm³/mol. The number of ether oxygens (including phenoxy) is 16. The van der Waals surface area contributed by atoms with Crippen molar-refractivity contribution in [2.24, 2.45) is 0 Å². The summed E-state index contributed by atoms with van der Waals surface area (Å²) in [5.41, 5.74) is 11.3. The van der Waals surface area contributed by atoms with Gasteiger partial charge in [0.05, 0.1) is 102 Å². The number of piperazine rings is 2. The van der Waals surface area contributed by atoms with Crippen molar-refractivity contribution >= 4 is 41.6 Å². The number of nitrogens with one attached hydrogen (secondary N) is 2. The van der Waals surface area contributed by atoms with Gasteiger partial charge < -0.3 is 80.9 Å². The number of methoxy groups -OCH3 is 4. The number of aromatic hydroxyl groups is 1. The quantitative estimate of drug-likeness (QED) is 0.0434. The van der Waals surface area contributed by atoms with Gasteiger partial charge in [0.15, 0.2) is 80.1 Å². The standard InChI is InChI=1S/C49H60N4O11S.C44H52N4O9S.2CH4/c1-11-15-58-41-26(4)42-44(62-24-61-42)36-32-22-60-46(54)49(29-20-33(56-9)34(19-27(29)13-14-51-49)63-47(55)64-48(5,6)7)23-65-45(37(36)41)39-38-35-28(18-30(52(38)8)31(21-50)53(32)39)17-25(3)40(57-10)43(35)59-16-12-2;1-8-12-53-38-23(4)39-41(57-21-56-39)33-29-19-55-43(50)44(26-17-31(51-6)30(49)16-24(26)10-11-46-44)20-58-42(34(33)38)36-35-32-25(15-27(47(35)5)28(18-45)48(29)36)14-22(3)37(52-7)40(32)54-13-9-2;;/h17,19-20,30-32,38-39,45,51H,11-16,18,22-24H2,1-10H3;14,16-17,27-29,35-36,42,46,49H,8-13,15,19-21H2,1-7H3;2*1H4/t30-,31-,32-,38+,39?,45+,49+;27-,28-,29-,35+,36?,42+,44+;;/m00../s1. The van der Waals surface area contributed by atoms with Gasteiger partial charge in [-0.25, -0.2) is 14.4 Å². The first-order valence-electron chi connectivity index (χ1n) is 43.1. The molecule has 14 atom stereocenters. The molecule has 6 aromatic rings. The molecule has 14 aliphatic heterocycles. The van der Waals surface area contributed by atoms with Gasteiger partial charge in [0.1, 0.15) is 42.4 Å². The van der Waals surface area contributed by atoms with Crippen molar-refractivity contribution in [1.29, 1.82) is 10.5 Å². The second-order valence-corrected chi connectivity index (χ2v) is 37.2. The van der Waals surface area contributed by atoms with Crippen LogP contribution in [0.25, 0.3) is 0 Å². The maximum absolute atomic E-state index is 15.2. The number of fused-ring (bicyclic) bond motifs is 18. The van der Waals surface area contributed by atoms with Crippen LogP contribution >= 0.6 is 23.5 Å². The average Bonchev–Trinajstić information content (AvgIpc) is 1.61. The molecule has 30 heteroatoms. The number of carbonyl (C=O) groups is 3. The van der Waals surface area contributed by atoms with Crippen LogP contribution in [0.2, 0.25) is 0 Å². The monoisotopic (exact) mass is 1760 g/mol. The number of hydrogen-bond donors (Lipinski definition) is 3. The summed E-state index contributed by atoms with van der Waals surface area (Å²) in [5, 5.41) is 40.0. The molecule has 4 fully saturated rings. The van der Waals surface area contributed by atoms with Crippen molar-refractivity contribution in [3.63, 3.8) is 0 Å². The lowest BCUT2D eigenvalue weighted by molar-refractivity contribution is -0.158. The molecule has 3 N–H and O–H groups in total. The zero-order valence-corrected chi connectivity index (χ0v) is 74.9. The third kappa shape index (κ3) is 14.5. The van der Waals surface area contributed by atoms with Crippen LogP contribution in [0.4, 0.5) is 4.79 Å². The van der Waals surface area contributed by atoms with E-state index in [-0.39, 0.29) is 118 Å². The van der Waals surface area contributed by atoms with E-state index in [1.165, 1.54) is 14.2 Å². The molecule has 8 bridgehead atoms. The largest absolute Gasteiger partial charge is 0.514 e. The SMILES string of the molecule is C.C.CCCOc1c(C)c2c(c3c1[C@H]1SC[C@]4(NCCc5cc(O)c(OC)cc54)C(=O)OC[C@@H]3N3C1[C@H]1c4c(cc(C)c(OC)c4OCCC)C[C@@H]([C@@H]3C#N)N1C)OCO2.CCCOc1c(C)c2c(c3c1[C@H]1SC[C@]4(NCCc5cc(OC(=O)OC(C)(C)C)c(OC)cc54)C(=O)OC[C@@H]3N3C1[C@H]1c4c(cc(C)c(OC)c4OCCC)C[C@@H]([C@@H]3C#N)N1C)OCO2. The third-order valence-corrected chi connectivity index (χ3v) is 29.7. The number of aryl methyl sites for hydroxylation is 2. The van der Waals surface area contributed by atoms with Crippen LogP contribution in [0.15, 0.2) is 36.4 Å². The van der Waals surface area contributed by atoms with Gasteiger partial charge in [-0.1, -0.05) is 54.7 Å². The first-order chi connectivity index (χ1) is 59.3. The Labute approximate surface area is 741 Å². The van der Waals surface area contributed by atoms with Gasteiger partial charge in [-0.2, -0.15) is 10.5 Å². The minimum Gasteiger partial charge on any atom is -0.504 e. The van der Waals surface area contributed by atoms with Crippen LogP contribution in [0.1, 0.15) is 213 Å². The number of nitrogens with zero attached hydrogens (tertiary/aromatic N) is 6. The summed E-state index contributed by atoms with van der Waals surface area (Å²) in [6, 6.07) is 12.9. The number of esters is 2. The van der Waals surface area contributed by atoms with Crippen molar-refractivity contribution in [2.45, 2.75) is 230 Å². The van der Waals surface area contributed by atoms with Gasteiger partial charge in [0.25, 0.3) is 0 Å². The lowest BCUT2D eigenvalue weighted by atomic mass is 9.71. The molecular formula is C95H120N8O20S2. The molecule has 4 saturated heterocycles. The summed E-state index contributed by atoms with van der Waals surface area (Å²) < 4.78 is 100. The highest BCUT2D eigenvalue weighted by atomic mass is 32.2. The number of benzene rings is 6. The molecule has 125 heavy (non-hydrogen) atoms. The number of phenolic OH excluding ortho intramolecular Hbond substituents is 1. The number of rotatable bonds is 17. The lowest BCUT2D eigenvalue weighted by Gasteiger charge is -2.62. The Balaban J connectivity index is 0.000000191. The Hall–Kier alpha value is -9.63. The molecular weight excluding hydrogens is 1640 g/mol. The van der Waals surface area contributed by atoms with Gasteiger partial charge in [-0.15, -0.1) is 23.5 Å². The fraction of sp³-hybridized carbons (Fsp3) is 0.568. The molecule has 0 saturated carbocycles. The van der Waals surface area contributed by atoms with Gasteiger partial charge in [0, 0.05) is 93.3 Å². The minimum atomic E-state index is -1.35. The average molecular weight is 1760 g/mol. The number of hydrogen-bond acceptors (Lipinski definition) is 30. The smallest absolute Gasteiger partial charge is 0.504 e. The number of phenols is 1. The van der Waals surface area contributed by atoms with E-state index in [9.17, 15) is 25.2 Å². The van der Waals surface area contributed by atoms with Crippen LogP contribution in [0.3, 0.4) is 0 Å². The second kappa shape index (κ2) is 35.5. The topological polar surface area (TPSA) is 304 Å². The van der Waals surface area contributed by atoms with Crippen molar-refractivity contribution in [3.8, 4) is 92.6 Å². The van der Waals surface area contributed by atoms with E-state index >= 15 is 4.79 Å². The maximum Gasteiger partial charge on any atom is 0.514 e. The van der Waals surface area contributed by atoms with Gasteiger partial charge in [-0.3, -0.25) is 30.2 Å². The highest BCUT2D eigenvalue weighted by Gasteiger charge is 2.65. The zero-order chi connectivity index (χ0) is 86.7. The van der Waals surface area contributed by atoms with Crippen molar-refractivity contribution in [3.05, 3.63) is 125 Å². The van der Waals surface area contributed by atoms with Gasteiger partial charge in [-0.05, 0) is 183 Å². The number of carbonyl (C=O) groups excluding carboxylic acids is 3. The first kappa shape index (κ1) is 90.2. The van der Waals surface area contributed by atoms with E-state index < -0.39 is 64.2 Å². The van der Waals surface area contributed by atoms with E-state index in [1.807, 2.05) is 20.8 Å². The van der Waals surface area contributed by atoms with Crippen LogP contribution in [0.5, 0.6) is 80.5 Å². The molecule has 0 amide bonds. The molecule has 28 nitrogen and oxygen atoms in total. The van der Waals surface area contributed by atoms with Crippen molar-refractivity contribution in [2.75, 3.05) is 120 Å². The van der Waals surface area contributed by atoms with Crippen molar-refractivity contribution < 1.29 is 95.3 Å². The Morgan fingerprint density at radius 1 is 0.528 bits per heavy atom. The second-order valence-electron chi connectivity index (χ2n) is 34.9. The van der Waals surface area contributed by atoms with E-state index in [1.54, 1.807) is 82.8 Å². The number of thioether (sulfide) groups is 2. The summed E-state index contributed by atoms with van der Waals surface area (Å²) in [6.45, 7) is 24.6. The number of nitriles is 2. The summed E-state index contributed by atoms with van der Waals surface area (Å²) in [7, 11) is 10.6. The summed E-state index contributed by atoms with van der Waals surface area (Å²) in [4.78, 5) is 52.4. The fourth-order valence-corrected chi connectivity index (χ4v) is 25.1. The molecule has 672 valence electrons. The summed E-state index contributed by atoms with van der Waals surface area (Å²) in [6.07, 6.45) is 4.74. The fourth-order valence-electron chi connectivity index (χ4n) is 21.7. The van der Waals surface area contributed by atoms with Crippen LogP contribution < -0.4 is 72.2 Å². The predicted octanol–water partition coefficient (Wildman–Crippen LogP) is 14.7. The highest BCUT2D eigenvalue weighted by Crippen LogP contribution is 2.68. The zero-order valence-electron chi connectivity index (χ0n) is 73.2. The number of likely N-dealkylation sites (N-methyl/N-ethyl adjacent to an activating group) is 2. The van der Waals surface area contributed by atoms with E-state index in [2.05, 4.69) is 103 Å². The van der Waals surface area contributed by atoms with Crippen LogP contribution in [0, 0.1) is 50.4 Å². The Kier molecular flexibility index (Phi) is 25.6. The van der Waals surface area contributed by atoms with E-state index in [0.29, 0.717) is 105 Å². The van der Waals surface area contributed by atoms with Gasteiger partial charge >= 0.3 is 18.1 Å². The molecule has 0 aromatic heterocycles. The Morgan fingerprint density at radius 3 is 1.34 bits per heavy atom. The molecule has 2 spiro atoms. The van der Waals surface area contributed by atoms with Gasteiger partial charge in [0.2, 0.25) is 13.6 Å². The molecule has 6 aromatic carbocycles.